The van der Waals surface area contributed by atoms with Crippen molar-refractivity contribution in [3.8, 4) is 0 Å². The van der Waals surface area contributed by atoms with Gasteiger partial charge in [-0.3, -0.25) is 4.79 Å². The lowest BCUT2D eigenvalue weighted by molar-refractivity contribution is 0.111. The monoisotopic (exact) mass is 191 g/mol. The number of aromatic amines is 1. The van der Waals surface area contributed by atoms with Crippen molar-refractivity contribution in [2.45, 2.75) is 13.3 Å². The quantitative estimate of drug-likeness (QED) is 0.698. The third-order valence-electron chi connectivity index (χ3n) is 2.10. The number of carbonyl (C=O) groups is 1. The molecular formula is C9H9N3O2. The third kappa shape index (κ3) is 1.06. The van der Waals surface area contributed by atoms with Gasteiger partial charge in [-0.2, -0.15) is 0 Å². The van der Waals surface area contributed by atoms with Crippen LogP contribution in [0.25, 0.3) is 5.65 Å². The Labute approximate surface area is 79.4 Å². The van der Waals surface area contributed by atoms with Crippen molar-refractivity contribution in [3.05, 3.63) is 34.1 Å². The number of nitrogens with zero attached hydrogens (tertiary/aromatic N) is 2. The van der Waals surface area contributed by atoms with Gasteiger partial charge in [0.05, 0.1) is 5.69 Å². The Morgan fingerprint density at radius 3 is 3.07 bits per heavy atom. The lowest BCUT2D eigenvalue weighted by Gasteiger charge is -1.92. The molecule has 0 aliphatic carbocycles. The largest absolute Gasteiger partial charge is 0.331 e. The van der Waals surface area contributed by atoms with E-state index in [9.17, 15) is 9.59 Å². The van der Waals surface area contributed by atoms with Crippen LogP contribution in [0.15, 0.2) is 17.1 Å². The lowest BCUT2D eigenvalue weighted by atomic mass is 10.3. The smallest absolute Gasteiger partial charge is 0.314 e. The lowest BCUT2D eigenvalue weighted by Crippen LogP contribution is -2.17. The van der Waals surface area contributed by atoms with E-state index in [-0.39, 0.29) is 5.69 Å². The Morgan fingerprint density at radius 2 is 2.43 bits per heavy atom. The van der Waals surface area contributed by atoms with E-state index in [0.717, 1.165) is 0 Å². The maximum atomic E-state index is 11.4. The number of fused-ring (bicyclic) bond motifs is 1. The Hall–Kier alpha value is -1.91. The molecule has 2 aromatic heterocycles. The standard InChI is InChI=1S/C9H9N3O2/c1-2-6-7(5-13)12-8(11-6)3-4-10-9(12)14/h3-5H,2H2,1H3,(H,10,14). The van der Waals surface area contributed by atoms with E-state index >= 15 is 0 Å². The highest BCUT2D eigenvalue weighted by Gasteiger charge is 2.11. The van der Waals surface area contributed by atoms with Crippen LogP contribution >= 0.6 is 0 Å². The summed E-state index contributed by atoms with van der Waals surface area (Å²) in [4.78, 5) is 28.9. The maximum Gasteiger partial charge on any atom is 0.331 e. The number of rotatable bonds is 2. The van der Waals surface area contributed by atoms with Gasteiger partial charge in [-0.05, 0) is 12.5 Å². The van der Waals surface area contributed by atoms with Crippen LogP contribution in [0.4, 0.5) is 0 Å². The highest BCUT2D eigenvalue weighted by Crippen LogP contribution is 2.07. The fourth-order valence-electron chi connectivity index (χ4n) is 1.46. The first-order valence-corrected chi connectivity index (χ1v) is 4.32. The van der Waals surface area contributed by atoms with Gasteiger partial charge in [0.15, 0.2) is 6.29 Å². The summed E-state index contributed by atoms with van der Waals surface area (Å²) >= 11 is 0. The average molecular weight is 191 g/mol. The molecule has 0 amide bonds. The minimum atomic E-state index is -0.336. The summed E-state index contributed by atoms with van der Waals surface area (Å²) < 4.78 is 1.28. The maximum absolute atomic E-state index is 11.4. The number of hydrogen-bond acceptors (Lipinski definition) is 3. The minimum absolute atomic E-state index is 0.336. The SMILES string of the molecule is CCc1nc2cc[nH]c(=O)n2c1C=O. The predicted molar refractivity (Wildman–Crippen MR) is 50.6 cm³/mol. The summed E-state index contributed by atoms with van der Waals surface area (Å²) in [6.45, 7) is 1.89. The number of aryl methyl sites for hydroxylation is 1. The van der Waals surface area contributed by atoms with Gasteiger partial charge in [-0.1, -0.05) is 6.92 Å². The Kier molecular flexibility index (Phi) is 1.92. The number of aldehydes is 1. The molecule has 14 heavy (non-hydrogen) atoms. The molecule has 0 saturated heterocycles. The molecule has 0 spiro atoms. The van der Waals surface area contributed by atoms with Crippen molar-refractivity contribution >= 4 is 11.9 Å². The normalized spacial score (nSPS) is 10.6. The predicted octanol–water partition coefficient (Wildman–Crippen LogP) is 0.397. The number of carbonyl (C=O) groups excluding carboxylic acids is 1. The summed E-state index contributed by atoms with van der Waals surface area (Å²) in [5, 5.41) is 0. The van der Waals surface area contributed by atoms with Gasteiger partial charge >= 0.3 is 5.69 Å². The second-order valence-corrected chi connectivity index (χ2v) is 2.89. The van der Waals surface area contributed by atoms with Crippen molar-refractivity contribution in [1.29, 1.82) is 0 Å². The average Bonchev–Trinajstić information content (AvgIpc) is 2.56. The van der Waals surface area contributed by atoms with Crippen LogP contribution in [0.1, 0.15) is 23.1 Å². The van der Waals surface area contributed by atoms with Gasteiger partial charge in [-0.15, -0.1) is 0 Å². The summed E-state index contributed by atoms with van der Waals surface area (Å²) in [5.41, 5.74) is 1.16. The van der Waals surface area contributed by atoms with E-state index in [1.165, 1.54) is 10.6 Å². The molecular weight excluding hydrogens is 182 g/mol. The Balaban J connectivity index is 2.95. The Bertz CT molecular complexity index is 538. The molecule has 2 heterocycles. The molecule has 0 fully saturated rings. The van der Waals surface area contributed by atoms with E-state index < -0.39 is 0 Å². The third-order valence-corrected chi connectivity index (χ3v) is 2.10. The summed E-state index contributed by atoms with van der Waals surface area (Å²) in [6, 6.07) is 1.66. The van der Waals surface area contributed by atoms with Gasteiger partial charge in [0.1, 0.15) is 11.3 Å². The molecule has 0 saturated carbocycles. The minimum Gasteiger partial charge on any atom is -0.314 e. The molecule has 5 heteroatoms. The highest BCUT2D eigenvalue weighted by molar-refractivity contribution is 5.76. The summed E-state index contributed by atoms with van der Waals surface area (Å²) in [6.07, 6.45) is 2.81. The Morgan fingerprint density at radius 1 is 1.64 bits per heavy atom. The van der Waals surface area contributed by atoms with Crippen molar-refractivity contribution in [3.63, 3.8) is 0 Å². The van der Waals surface area contributed by atoms with Gasteiger partial charge in [0, 0.05) is 6.20 Å². The van der Waals surface area contributed by atoms with Crippen LogP contribution in [0.3, 0.4) is 0 Å². The molecule has 0 aliphatic rings. The van der Waals surface area contributed by atoms with Crippen LogP contribution in [0.5, 0.6) is 0 Å². The van der Waals surface area contributed by atoms with Crippen molar-refractivity contribution < 1.29 is 4.79 Å². The molecule has 1 N–H and O–H groups in total. The van der Waals surface area contributed by atoms with Gasteiger partial charge < -0.3 is 4.98 Å². The number of imidazole rings is 1. The molecule has 0 unspecified atom stereocenters. The first-order chi connectivity index (χ1) is 6.77. The number of nitrogens with one attached hydrogen (secondary N) is 1. The van der Waals surface area contributed by atoms with Crippen molar-refractivity contribution in [1.82, 2.24) is 14.4 Å². The van der Waals surface area contributed by atoms with E-state index in [4.69, 9.17) is 0 Å². The summed E-state index contributed by atoms with van der Waals surface area (Å²) in [5.74, 6) is 0. The molecule has 0 aliphatic heterocycles. The molecule has 5 nitrogen and oxygen atoms in total. The molecule has 2 aromatic rings. The second kappa shape index (κ2) is 3.10. The molecule has 0 aromatic carbocycles. The zero-order valence-electron chi connectivity index (χ0n) is 7.65. The van der Waals surface area contributed by atoms with Crippen LogP contribution in [0.2, 0.25) is 0 Å². The number of H-pyrrole nitrogens is 1. The van der Waals surface area contributed by atoms with E-state index in [1.807, 2.05) is 6.92 Å². The summed E-state index contributed by atoms with van der Waals surface area (Å²) in [7, 11) is 0. The second-order valence-electron chi connectivity index (χ2n) is 2.89. The zero-order valence-corrected chi connectivity index (χ0v) is 7.65. The van der Waals surface area contributed by atoms with E-state index in [1.54, 1.807) is 6.07 Å². The molecule has 0 atom stereocenters. The molecule has 72 valence electrons. The van der Waals surface area contributed by atoms with Gasteiger partial charge in [0.25, 0.3) is 0 Å². The topological polar surface area (TPSA) is 67.2 Å². The fourth-order valence-corrected chi connectivity index (χ4v) is 1.46. The molecule has 0 radical (unpaired) electrons. The van der Waals surface area contributed by atoms with Crippen LogP contribution in [-0.2, 0) is 6.42 Å². The highest BCUT2D eigenvalue weighted by atomic mass is 16.1. The molecule has 0 bridgehead atoms. The van der Waals surface area contributed by atoms with E-state index in [2.05, 4.69) is 9.97 Å². The number of aromatic nitrogens is 3. The van der Waals surface area contributed by atoms with Crippen molar-refractivity contribution in [2.75, 3.05) is 0 Å². The number of hydrogen-bond donors (Lipinski definition) is 1. The van der Waals surface area contributed by atoms with Crippen LogP contribution < -0.4 is 5.69 Å². The van der Waals surface area contributed by atoms with Gasteiger partial charge in [-0.25, -0.2) is 14.2 Å². The fraction of sp³-hybridized carbons (Fsp3) is 0.222. The molecule has 2 rings (SSSR count). The first kappa shape index (κ1) is 8.68. The van der Waals surface area contributed by atoms with Gasteiger partial charge in [0.2, 0.25) is 0 Å². The first-order valence-electron chi connectivity index (χ1n) is 4.32. The van der Waals surface area contributed by atoms with Crippen LogP contribution in [-0.4, -0.2) is 20.7 Å². The van der Waals surface area contributed by atoms with Crippen molar-refractivity contribution in [2.24, 2.45) is 0 Å². The van der Waals surface area contributed by atoms with E-state index in [0.29, 0.717) is 29.7 Å². The zero-order chi connectivity index (χ0) is 10.1. The van der Waals surface area contributed by atoms with Crippen LogP contribution in [0, 0.1) is 0 Å².